The highest BCUT2D eigenvalue weighted by atomic mass is 35.5. The Morgan fingerprint density at radius 3 is 2.69 bits per heavy atom. The van der Waals surface area contributed by atoms with Crippen LogP contribution in [0.25, 0.3) is 11.0 Å². The fraction of sp³-hybridized carbons (Fsp3) is 0. The summed E-state index contributed by atoms with van der Waals surface area (Å²) >= 11 is 0. The average molecular weight is 219 g/mol. The third-order valence-corrected chi connectivity index (χ3v) is 1.49. The number of pyridine rings is 2. The van der Waals surface area contributed by atoms with Crippen molar-refractivity contribution in [3.8, 4) is 0 Å². The van der Waals surface area contributed by atoms with E-state index in [0.29, 0.717) is 5.65 Å². The summed E-state index contributed by atoms with van der Waals surface area (Å²) < 4.78 is 0. The van der Waals surface area contributed by atoms with Gasteiger partial charge in [0.1, 0.15) is 5.65 Å². The van der Waals surface area contributed by atoms with Crippen LogP contribution < -0.4 is 5.56 Å². The van der Waals surface area contributed by atoms with E-state index in [1.54, 1.807) is 12.3 Å². The highest BCUT2D eigenvalue weighted by Gasteiger charge is 1.90. The van der Waals surface area contributed by atoms with Gasteiger partial charge in [0.2, 0.25) is 5.56 Å². The fourth-order valence-electron chi connectivity index (χ4n) is 0.981. The van der Waals surface area contributed by atoms with Crippen molar-refractivity contribution in [1.82, 2.24) is 9.97 Å². The van der Waals surface area contributed by atoms with E-state index in [1.807, 2.05) is 12.1 Å². The lowest BCUT2D eigenvalue weighted by Crippen LogP contribution is -2.02. The summed E-state index contributed by atoms with van der Waals surface area (Å²) in [5, 5.41) is 0.951. The standard InChI is InChI=1S/C8H6N2O.2ClH/c11-7-4-3-6-2-1-5-9-8(6)10-7;;/h1-5H,(H,9,10,11);2*1H. The van der Waals surface area contributed by atoms with E-state index in [9.17, 15) is 4.79 Å². The second-order valence-electron chi connectivity index (χ2n) is 2.26. The Hall–Kier alpha value is -1.06. The zero-order chi connectivity index (χ0) is 7.68. The molecule has 2 aromatic rings. The second kappa shape index (κ2) is 4.84. The number of fused-ring (bicyclic) bond motifs is 1. The summed E-state index contributed by atoms with van der Waals surface area (Å²) in [6, 6.07) is 6.98. The van der Waals surface area contributed by atoms with Crippen molar-refractivity contribution in [3.63, 3.8) is 0 Å². The van der Waals surface area contributed by atoms with Gasteiger partial charge in [-0.05, 0) is 18.2 Å². The van der Waals surface area contributed by atoms with E-state index < -0.39 is 0 Å². The number of halogens is 2. The lowest BCUT2D eigenvalue weighted by molar-refractivity contribution is 1.23. The van der Waals surface area contributed by atoms with Gasteiger partial charge in [-0.2, -0.15) is 0 Å². The van der Waals surface area contributed by atoms with Crippen LogP contribution in [-0.4, -0.2) is 9.97 Å². The predicted octanol–water partition coefficient (Wildman–Crippen LogP) is 1.77. The topological polar surface area (TPSA) is 45.8 Å². The molecular formula is C8H8Cl2N2O. The number of hydrogen-bond donors (Lipinski definition) is 1. The number of H-pyrrole nitrogens is 1. The van der Waals surface area contributed by atoms with Crippen LogP contribution in [0.3, 0.4) is 0 Å². The molecule has 0 spiro atoms. The Bertz CT molecular complexity index is 441. The van der Waals surface area contributed by atoms with Crippen molar-refractivity contribution in [2.75, 3.05) is 0 Å². The first kappa shape index (κ1) is 11.9. The Morgan fingerprint density at radius 1 is 1.15 bits per heavy atom. The summed E-state index contributed by atoms with van der Waals surface area (Å²) in [7, 11) is 0. The Kier molecular flexibility index (Phi) is 4.45. The Balaban J connectivity index is 0.000000720. The van der Waals surface area contributed by atoms with Crippen molar-refractivity contribution in [1.29, 1.82) is 0 Å². The minimum Gasteiger partial charge on any atom is -0.307 e. The SMILES string of the molecule is Cl.Cl.O=c1ccc2cccnc2[nH]1. The van der Waals surface area contributed by atoms with Crippen LogP contribution in [0.15, 0.2) is 35.3 Å². The third kappa shape index (κ3) is 2.44. The molecule has 1 N–H and O–H groups in total. The Morgan fingerprint density at radius 2 is 1.92 bits per heavy atom. The lowest BCUT2D eigenvalue weighted by atomic mass is 10.3. The van der Waals surface area contributed by atoms with Crippen LogP contribution in [0.5, 0.6) is 0 Å². The van der Waals surface area contributed by atoms with Gasteiger partial charge in [0.25, 0.3) is 0 Å². The van der Waals surface area contributed by atoms with Gasteiger partial charge in [-0.25, -0.2) is 4.98 Å². The van der Waals surface area contributed by atoms with E-state index in [1.165, 1.54) is 6.07 Å². The maximum atomic E-state index is 10.8. The van der Waals surface area contributed by atoms with Gasteiger partial charge < -0.3 is 4.98 Å². The average Bonchev–Trinajstić information content (AvgIpc) is 2.04. The van der Waals surface area contributed by atoms with E-state index in [2.05, 4.69) is 9.97 Å². The predicted molar refractivity (Wildman–Crippen MR) is 56.9 cm³/mol. The second-order valence-corrected chi connectivity index (χ2v) is 2.26. The monoisotopic (exact) mass is 218 g/mol. The summed E-state index contributed by atoms with van der Waals surface area (Å²) in [6.45, 7) is 0. The molecule has 13 heavy (non-hydrogen) atoms. The molecule has 2 aromatic heterocycles. The number of nitrogens with zero attached hydrogens (tertiary/aromatic N) is 1. The van der Waals surface area contributed by atoms with Gasteiger partial charge in [0.15, 0.2) is 0 Å². The number of nitrogens with one attached hydrogen (secondary N) is 1. The van der Waals surface area contributed by atoms with Gasteiger partial charge >= 0.3 is 0 Å². The molecular weight excluding hydrogens is 211 g/mol. The van der Waals surface area contributed by atoms with Crippen LogP contribution in [0.1, 0.15) is 0 Å². The zero-order valence-electron chi connectivity index (χ0n) is 6.56. The number of aromatic amines is 1. The zero-order valence-corrected chi connectivity index (χ0v) is 8.19. The highest BCUT2D eigenvalue weighted by Crippen LogP contribution is 2.02. The fourth-order valence-corrected chi connectivity index (χ4v) is 0.981. The summed E-state index contributed by atoms with van der Waals surface area (Å²) in [5.41, 5.74) is 0.524. The van der Waals surface area contributed by atoms with Crippen molar-refractivity contribution < 1.29 is 0 Å². The molecule has 0 atom stereocenters. The van der Waals surface area contributed by atoms with Crippen molar-refractivity contribution in [3.05, 3.63) is 40.8 Å². The number of hydrogen-bond acceptors (Lipinski definition) is 2. The molecule has 2 heterocycles. The van der Waals surface area contributed by atoms with Crippen LogP contribution in [-0.2, 0) is 0 Å². The first-order valence-corrected chi connectivity index (χ1v) is 3.30. The molecule has 2 rings (SSSR count). The van der Waals surface area contributed by atoms with E-state index in [4.69, 9.17) is 0 Å². The minimum absolute atomic E-state index is 0. The molecule has 5 heteroatoms. The van der Waals surface area contributed by atoms with Gasteiger partial charge in [-0.15, -0.1) is 24.8 Å². The maximum Gasteiger partial charge on any atom is 0.249 e. The molecule has 0 fully saturated rings. The van der Waals surface area contributed by atoms with Gasteiger partial charge in [0, 0.05) is 17.6 Å². The summed E-state index contributed by atoms with van der Waals surface area (Å²) in [4.78, 5) is 17.4. The molecule has 0 aliphatic rings. The first-order valence-electron chi connectivity index (χ1n) is 3.30. The van der Waals surface area contributed by atoms with E-state index >= 15 is 0 Å². The minimum atomic E-state index is -0.115. The molecule has 0 radical (unpaired) electrons. The van der Waals surface area contributed by atoms with Crippen LogP contribution in [0.4, 0.5) is 0 Å². The summed E-state index contributed by atoms with van der Waals surface area (Å²) in [6.07, 6.45) is 1.65. The number of aromatic nitrogens is 2. The number of rotatable bonds is 0. The normalized spacial score (nSPS) is 8.62. The van der Waals surface area contributed by atoms with E-state index in [0.717, 1.165) is 5.39 Å². The first-order chi connectivity index (χ1) is 5.36. The quantitative estimate of drug-likeness (QED) is 0.733. The van der Waals surface area contributed by atoms with Crippen LogP contribution in [0.2, 0.25) is 0 Å². The van der Waals surface area contributed by atoms with Gasteiger partial charge in [0.05, 0.1) is 0 Å². The molecule has 0 aromatic carbocycles. The molecule has 0 unspecified atom stereocenters. The molecule has 0 saturated carbocycles. The molecule has 0 bridgehead atoms. The van der Waals surface area contributed by atoms with Crippen molar-refractivity contribution in [2.24, 2.45) is 0 Å². The highest BCUT2D eigenvalue weighted by molar-refractivity contribution is 5.85. The molecule has 0 saturated heterocycles. The maximum absolute atomic E-state index is 10.8. The molecule has 70 valence electrons. The molecule has 3 nitrogen and oxygen atoms in total. The largest absolute Gasteiger partial charge is 0.307 e. The van der Waals surface area contributed by atoms with Crippen LogP contribution in [0, 0.1) is 0 Å². The van der Waals surface area contributed by atoms with Crippen molar-refractivity contribution in [2.45, 2.75) is 0 Å². The molecule has 0 amide bonds. The lowest BCUT2D eigenvalue weighted by Gasteiger charge is -1.92. The molecule has 0 aliphatic heterocycles. The van der Waals surface area contributed by atoms with E-state index in [-0.39, 0.29) is 30.4 Å². The smallest absolute Gasteiger partial charge is 0.249 e. The van der Waals surface area contributed by atoms with Gasteiger partial charge in [-0.1, -0.05) is 0 Å². The molecule has 0 aliphatic carbocycles. The van der Waals surface area contributed by atoms with Crippen LogP contribution >= 0.6 is 24.8 Å². The Labute approximate surface area is 87.0 Å². The third-order valence-electron chi connectivity index (χ3n) is 1.49. The van der Waals surface area contributed by atoms with Gasteiger partial charge in [-0.3, -0.25) is 4.79 Å². The summed E-state index contributed by atoms with van der Waals surface area (Å²) in [5.74, 6) is 0. The van der Waals surface area contributed by atoms with Crippen molar-refractivity contribution >= 4 is 35.8 Å².